The van der Waals surface area contributed by atoms with Crippen molar-refractivity contribution in [1.82, 2.24) is 0 Å². The van der Waals surface area contributed by atoms with Crippen LogP contribution in [0.25, 0.3) is 0 Å². The van der Waals surface area contributed by atoms with E-state index in [2.05, 4.69) is 6.07 Å². The van der Waals surface area contributed by atoms with Gasteiger partial charge in [-0.3, -0.25) is 0 Å². The zero-order valence-corrected chi connectivity index (χ0v) is 11.2. The molecular formula is C16H18O3. The van der Waals surface area contributed by atoms with E-state index in [4.69, 9.17) is 9.47 Å². The van der Waals surface area contributed by atoms with Gasteiger partial charge in [0.1, 0.15) is 18.1 Å². The summed E-state index contributed by atoms with van der Waals surface area (Å²) in [7, 11) is 1.61. The van der Waals surface area contributed by atoms with E-state index in [9.17, 15) is 5.11 Å². The fraction of sp³-hybridized carbons (Fsp3) is 0.250. The van der Waals surface area contributed by atoms with Crippen LogP contribution in [0.5, 0.6) is 11.5 Å². The highest BCUT2D eigenvalue weighted by Crippen LogP contribution is 2.25. The van der Waals surface area contributed by atoms with Crippen LogP contribution in [-0.2, 0) is 13.2 Å². The fourth-order valence-electron chi connectivity index (χ4n) is 1.89. The highest BCUT2D eigenvalue weighted by Gasteiger charge is 2.05. The summed E-state index contributed by atoms with van der Waals surface area (Å²) in [6.07, 6.45) is 0. The molecule has 0 saturated heterocycles. The summed E-state index contributed by atoms with van der Waals surface area (Å²) in [5.41, 5.74) is 3.06. The first kappa shape index (κ1) is 13.4. The molecule has 0 atom stereocenters. The van der Waals surface area contributed by atoms with Gasteiger partial charge >= 0.3 is 0 Å². The number of ether oxygens (including phenoxy) is 2. The van der Waals surface area contributed by atoms with Gasteiger partial charge < -0.3 is 14.6 Å². The molecule has 1 N–H and O–H groups in total. The summed E-state index contributed by atoms with van der Waals surface area (Å²) in [6, 6.07) is 13.6. The first-order valence-electron chi connectivity index (χ1n) is 6.19. The van der Waals surface area contributed by atoms with Crippen LogP contribution in [0, 0.1) is 6.92 Å². The van der Waals surface area contributed by atoms with Crippen LogP contribution in [0.15, 0.2) is 42.5 Å². The lowest BCUT2D eigenvalue weighted by atomic mass is 10.1. The molecule has 0 heterocycles. The number of aliphatic hydroxyl groups is 1. The topological polar surface area (TPSA) is 38.7 Å². The molecule has 0 aliphatic rings. The molecule has 0 unspecified atom stereocenters. The van der Waals surface area contributed by atoms with Gasteiger partial charge in [-0.05, 0) is 24.6 Å². The maximum Gasteiger partial charge on any atom is 0.129 e. The molecule has 3 nitrogen and oxygen atoms in total. The number of aliphatic hydroxyl groups excluding tert-OH is 1. The number of aryl methyl sites for hydroxylation is 1. The van der Waals surface area contributed by atoms with Gasteiger partial charge in [0.2, 0.25) is 0 Å². The van der Waals surface area contributed by atoms with Crippen molar-refractivity contribution in [3.63, 3.8) is 0 Å². The van der Waals surface area contributed by atoms with Crippen molar-refractivity contribution in [2.75, 3.05) is 7.11 Å². The summed E-state index contributed by atoms with van der Waals surface area (Å²) in [6.45, 7) is 2.48. The number of methoxy groups -OCH3 is 1. The van der Waals surface area contributed by atoms with Crippen LogP contribution in [0.2, 0.25) is 0 Å². The van der Waals surface area contributed by atoms with Gasteiger partial charge in [0.05, 0.1) is 13.7 Å². The second kappa shape index (κ2) is 6.25. The Bertz CT molecular complexity index is 549. The van der Waals surface area contributed by atoms with Crippen molar-refractivity contribution >= 4 is 0 Å². The monoisotopic (exact) mass is 258 g/mol. The zero-order valence-electron chi connectivity index (χ0n) is 11.2. The van der Waals surface area contributed by atoms with Crippen molar-refractivity contribution < 1.29 is 14.6 Å². The highest BCUT2D eigenvalue weighted by molar-refractivity contribution is 5.40. The van der Waals surface area contributed by atoms with Gasteiger partial charge in [0.25, 0.3) is 0 Å². The minimum absolute atomic E-state index is 0.0485. The van der Waals surface area contributed by atoms with Gasteiger partial charge in [0, 0.05) is 11.6 Å². The maximum atomic E-state index is 9.30. The molecule has 0 aliphatic heterocycles. The molecule has 0 bridgehead atoms. The van der Waals surface area contributed by atoms with E-state index in [1.165, 1.54) is 5.56 Å². The molecule has 0 saturated carbocycles. The van der Waals surface area contributed by atoms with Crippen LogP contribution >= 0.6 is 0 Å². The van der Waals surface area contributed by atoms with Gasteiger partial charge in [-0.2, -0.15) is 0 Å². The van der Waals surface area contributed by atoms with Crippen LogP contribution in [0.4, 0.5) is 0 Å². The summed E-state index contributed by atoms with van der Waals surface area (Å²) >= 11 is 0. The summed E-state index contributed by atoms with van der Waals surface area (Å²) in [5.74, 6) is 1.37. The normalized spacial score (nSPS) is 10.3. The summed E-state index contributed by atoms with van der Waals surface area (Å²) in [5, 5.41) is 9.30. The average Bonchev–Trinajstić information content (AvgIpc) is 2.45. The molecule has 100 valence electrons. The van der Waals surface area contributed by atoms with E-state index in [-0.39, 0.29) is 6.61 Å². The Morgan fingerprint density at radius 1 is 1.11 bits per heavy atom. The molecule has 0 aliphatic carbocycles. The van der Waals surface area contributed by atoms with Crippen LogP contribution in [-0.4, -0.2) is 12.2 Å². The Morgan fingerprint density at radius 2 is 1.95 bits per heavy atom. The lowest BCUT2D eigenvalue weighted by molar-refractivity contribution is 0.258. The molecule has 2 rings (SSSR count). The predicted octanol–water partition coefficient (Wildman–Crippen LogP) is 3.07. The molecule has 2 aromatic carbocycles. The Morgan fingerprint density at radius 3 is 2.63 bits per heavy atom. The first-order valence-corrected chi connectivity index (χ1v) is 6.19. The molecule has 19 heavy (non-hydrogen) atoms. The minimum Gasteiger partial charge on any atom is -0.497 e. The lowest BCUT2D eigenvalue weighted by Gasteiger charge is -2.12. The standard InChI is InChI=1S/C16H18O3/c1-12-4-3-5-13(8-12)11-19-16-9-15(18-2)7-6-14(16)10-17/h3-9,17H,10-11H2,1-2H3. The van der Waals surface area contributed by atoms with Gasteiger partial charge in [0.15, 0.2) is 0 Å². The molecule has 2 aromatic rings. The zero-order chi connectivity index (χ0) is 13.7. The summed E-state index contributed by atoms with van der Waals surface area (Å²) < 4.78 is 10.9. The van der Waals surface area contributed by atoms with E-state index in [1.54, 1.807) is 13.2 Å². The molecular weight excluding hydrogens is 240 g/mol. The fourth-order valence-corrected chi connectivity index (χ4v) is 1.89. The number of rotatable bonds is 5. The van der Waals surface area contributed by atoms with Crippen molar-refractivity contribution in [3.8, 4) is 11.5 Å². The Labute approximate surface area is 113 Å². The minimum atomic E-state index is -0.0485. The second-order valence-corrected chi connectivity index (χ2v) is 4.41. The molecule has 0 fully saturated rings. The van der Waals surface area contributed by atoms with E-state index in [0.29, 0.717) is 12.4 Å². The van der Waals surface area contributed by atoms with E-state index >= 15 is 0 Å². The predicted molar refractivity (Wildman–Crippen MR) is 74.4 cm³/mol. The Kier molecular flexibility index (Phi) is 4.42. The highest BCUT2D eigenvalue weighted by atomic mass is 16.5. The van der Waals surface area contributed by atoms with E-state index in [1.807, 2.05) is 37.3 Å². The Balaban J connectivity index is 2.14. The van der Waals surface area contributed by atoms with Crippen LogP contribution in [0.1, 0.15) is 16.7 Å². The number of hydrogen-bond donors (Lipinski definition) is 1. The van der Waals surface area contributed by atoms with Gasteiger partial charge in [-0.15, -0.1) is 0 Å². The molecule has 0 radical (unpaired) electrons. The SMILES string of the molecule is COc1ccc(CO)c(OCc2cccc(C)c2)c1. The van der Waals surface area contributed by atoms with Crippen LogP contribution in [0.3, 0.4) is 0 Å². The first-order chi connectivity index (χ1) is 9.22. The number of hydrogen-bond acceptors (Lipinski definition) is 3. The molecule has 3 heteroatoms. The molecule has 0 amide bonds. The average molecular weight is 258 g/mol. The van der Waals surface area contributed by atoms with E-state index < -0.39 is 0 Å². The van der Waals surface area contributed by atoms with Gasteiger partial charge in [-0.1, -0.05) is 29.8 Å². The summed E-state index contributed by atoms with van der Waals surface area (Å²) in [4.78, 5) is 0. The quantitative estimate of drug-likeness (QED) is 0.895. The number of benzene rings is 2. The van der Waals surface area contributed by atoms with E-state index in [0.717, 1.165) is 16.9 Å². The third-order valence-corrected chi connectivity index (χ3v) is 2.92. The van der Waals surface area contributed by atoms with Crippen molar-refractivity contribution in [1.29, 1.82) is 0 Å². The van der Waals surface area contributed by atoms with Gasteiger partial charge in [-0.25, -0.2) is 0 Å². The van der Waals surface area contributed by atoms with Crippen molar-refractivity contribution in [3.05, 3.63) is 59.2 Å². The smallest absolute Gasteiger partial charge is 0.129 e. The van der Waals surface area contributed by atoms with Crippen molar-refractivity contribution in [2.45, 2.75) is 20.1 Å². The second-order valence-electron chi connectivity index (χ2n) is 4.41. The Hall–Kier alpha value is -2.00. The van der Waals surface area contributed by atoms with Crippen LogP contribution < -0.4 is 9.47 Å². The molecule has 0 aromatic heterocycles. The molecule has 0 spiro atoms. The third-order valence-electron chi connectivity index (χ3n) is 2.92. The maximum absolute atomic E-state index is 9.30. The lowest BCUT2D eigenvalue weighted by Crippen LogP contribution is -1.99. The largest absolute Gasteiger partial charge is 0.497 e. The van der Waals surface area contributed by atoms with Crippen molar-refractivity contribution in [2.24, 2.45) is 0 Å². The third kappa shape index (κ3) is 3.48.